The fourth-order valence-electron chi connectivity index (χ4n) is 1.71. The molecule has 0 saturated carbocycles. The standard InChI is InChI=1S/C9H15N3O4S/c1-2-11-5-9(10-6-11)17(15,16)12-3-7(13)8(14)4-12/h5-8,13-14H,2-4H2,1H3. The zero-order valence-electron chi connectivity index (χ0n) is 9.39. The van der Waals surface area contributed by atoms with Crippen molar-refractivity contribution in [3.8, 4) is 0 Å². The molecule has 1 aromatic rings. The fraction of sp³-hybridized carbons (Fsp3) is 0.667. The first-order chi connectivity index (χ1) is 7.95. The number of hydrogen-bond donors (Lipinski definition) is 2. The quantitative estimate of drug-likeness (QED) is 0.700. The first-order valence-electron chi connectivity index (χ1n) is 5.33. The maximum absolute atomic E-state index is 12.1. The Kier molecular flexibility index (Phi) is 3.21. The molecule has 0 radical (unpaired) electrons. The maximum Gasteiger partial charge on any atom is 0.262 e. The highest BCUT2D eigenvalue weighted by atomic mass is 32.2. The van der Waals surface area contributed by atoms with Gasteiger partial charge in [0.1, 0.15) is 0 Å². The third kappa shape index (κ3) is 2.21. The lowest BCUT2D eigenvalue weighted by atomic mass is 10.3. The number of aliphatic hydroxyl groups excluding tert-OH is 2. The van der Waals surface area contributed by atoms with Crippen molar-refractivity contribution in [3.63, 3.8) is 0 Å². The first kappa shape index (κ1) is 12.5. The molecule has 1 saturated heterocycles. The van der Waals surface area contributed by atoms with Gasteiger partial charge in [-0.05, 0) is 6.92 Å². The van der Waals surface area contributed by atoms with Gasteiger partial charge < -0.3 is 14.8 Å². The van der Waals surface area contributed by atoms with E-state index in [1.807, 2.05) is 6.92 Å². The van der Waals surface area contributed by atoms with Crippen LogP contribution in [0.3, 0.4) is 0 Å². The number of nitrogens with zero attached hydrogens (tertiary/aromatic N) is 3. The first-order valence-corrected chi connectivity index (χ1v) is 6.77. The van der Waals surface area contributed by atoms with Crippen LogP contribution in [0.5, 0.6) is 0 Å². The zero-order chi connectivity index (χ0) is 12.6. The molecule has 8 heteroatoms. The van der Waals surface area contributed by atoms with Crippen molar-refractivity contribution in [3.05, 3.63) is 12.5 Å². The van der Waals surface area contributed by atoms with Gasteiger partial charge in [-0.1, -0.05) is 0 Å². The number of aryl methyl sites for hydroxylation is 1. The molecule has 0 spiro atoms. The summed E-state index contributed by atoms with van der Waals surface area (Å²) in [7, 11) is -3.71. The molecule has 0 amide bonds. The van der Waals surface area contributed by atoms with Crippen LogP contribution in [0.15, 0.2) is 17.6 Å². The van der Waals surface area contributed by atoms with Crippen LogP contribution in [0.1, 0.15) is 6.92 Å². The fourth-order valence-corrected chi connectivity index (χ4v) is 3.12. The second-order valence-electron chi connectivity index (χ2n) is 4.00. The van der Waals surface area contributed by atoms with Gasteiger partial charge >= 0.3 is 0 Å². The normalized spacial score (nSPS) is 26.5. The Morgan fingerprint density at radius 3 is 2.47 bits per heavy atom. The van der Waals surface area contributed by atoms with Crippen molar-refractivity contribution < 1.29 is 18.6 Å². The lowest BCUT2D eigenvalue weighted by molar-refractivity contribution is 0.0572. The lowest BCUT2D eigenvalue weighted by Crippen LogP contribution is -2.30. The summed E-state index contributed by atoms with van der Waals surface area (Å²) in [5, 5.41) is 18.6. The van der Waals surface area contributed by atoms with Crippen molar-refractivity contribution in [1.82, 2.24) is 13.9 Å². The van der Waals surface area contributed by atoms with E-state index in [9.17, 15) is 18.6 Å². The predicted octanol–water partition coefficient (Wildman–Crippen LogP) is -1.37. The Morgan fingerprint density at radius 2 is 2.00 bits per heavy atom. The van der Waals surface area contributed by atoms with Gasteiger partial charge in [0.15, 0.2) is 5.03 Å². The van der Waals surface area contributed by atoms with Gasteiger partial charge in [-0.15, -0.1) is 0 Å². The van der Waals surface area contributed by atoms with Crippen molar-refractivity contribution >= 4 is 10.0 Å². The second-order valence-corrected chi connectivity index (χ2v) is 5.88. The number of sulfonamides is 1. The van der Waals surface area contributed by atoms with Crippen LogP contribution >= 0.6 is 0 Å². The van der Waals surface area contributed by atoms with E-state index in [2.05, 4.69) is 4.98 Å². The minimum Gasteiger partial charge on any atom is -0.389 e. The van der Waals surface area contributed by atoms with E-state index in [0.717, 1.165) is 4.31 Å². The minimum atomic E-state index is -3.71. The lowest BCUT2D eigenvalue weighted by Gasteiger charge is -2.13. The van der Waals surface area contributed by atoms with Crippen LogP contribution < -0.4 is 0 Å². The van der Waals surface area contributed by atoms with E-state index >= 15 is 0 Å². The van der Waals surface area contributed by atoms with E-state index < -0.39 is 22.2 Å². The van der Waals surface area contributed by atoms with E-state index in [-0.39, 0.29) is 18.1 Å². The van der Waals surface area contributed by atoms with Gasteiger partial charge in [0, 0.05) is 25.8 Å². The molecule has 1 fully saturated rings. The highest BCUT2D eigenvalue weighted by molar-refractivity contribution is 7.89. The number of hydrogen-bond acceptors (Lipinski definition) is 5. The van der Waals surface area contributed by atoms with E-state index in [1.165, 1.54) is 12.5 Å². The summed E-state index contributed by atoms with van der Waals surface area (Å²) in [5.41, 5.74) is 0. The average molecular weight is 261 g/mol. The Morgan fingerprint density at radius 1 is 1.41 bits per heavy atom. The van der Waals surface area contributed by atoms with Crippen molar-refractivity contribution in [2.45, 2.75) is 30.7 Å². The molecule has 2 atom stereocenters. The van der Waals surface area contributed by atoms with Crippen LogP contribution in [0.25, 0.3) is 0 Å². The summed E-state index contributed by atoms with van der Waals surface area (Å²) in [6, 6.07) is 0. The largest absolute Gasteiger partial charge is 0.389 e. The predicted molar refractivity (Wildman–Crippen MR) is 58.7 cm³/mol. The molecule has 17 heavy (non-hydrogen) atoms. The highest BCUT2D eigenvalue weighted by Gasteiger charge is 2.38. The third-order valence-electron chi connectivity index (χ3n) is 2.80. The summed E-state index contributed by atoms with van der Waals surface area (Å²) < 4.78 is 26.9. The summed E-state index contributed by atoms with van der Waals surface area (Å²) in [6.07, 6.45) is 0.818. The Labute approximate surface area is 99.4 Å². The van der Waals surface area contributed by atoms with Gasteiger partial charge in [-0.2, -0.15) is 4.31 Å². The molecular formula is C9H15N3O4S. The average Bonchev–Trinajstić information content (AvgIpc) is 2.87. The smallest absolute Gasteiger partial charge is 0.262 e. The van der Waals surface area contributed by atoms with E-state index in [4.69, 9.17) is 0 Å². The van der Waals surface area contributed by atoms with Crippen molar-refractivity contribution in [1.29, 1.82) is 0 Å². The molecular weight excluding hydrogens is 246 g/mol. The van der Waals surface area contributed by atoms with Crippen LogP contribution in [0.2, 0.25) is 0 Å². The molecule has 2 heterocycles. The van der Waals surface area contributed by atoms with Gasteiger partial charge in [0.05, 0.1) is 18.5 Å². The van der Waals surface area contributed by atoms with Crippen molar-refractivity contribution in [2.24, 2.45) is 0 Å². The number of rotatable bonds is 3. The molecule has 1 aromatic heterocycles. The van der Waals surface area contributed by atoms with Gasteiger partial charge in [-0.3, -0.25) is 0 Å². The molecule has 2 rings (SSSR count). The number of aliphatic hydroxyl groups is 2. The number of β-amino-alcohol motifs (C(OH)–C–C–N with tert-alkyl or cyclic N) is 2. The van der Waals surface area contributed by atoms with E-state index in [1.54, 1.807) is 4.57 Å². The molecule has 0 aromatic carbocycles. The van der Waals surface area contributed by atoms with Crippen LogP contribution in [0.4, 0.5) is 0 Å². The van der Waals surface area contributed by atoms with Gasteiger partial charge in [0.25, 0.3) is 10.0 Å². The van der Waals surface area contributed by atoms with Gasteiger partial charge in [-0.25, -0.2) is 13.4 Å². The van der Waals surface area contributed by atoms with Gasteiger partial charge in [0.2, 0.25) is 0 Å². The summed E-state index contributed by atoms with van der Waals surface area (Å²) in [5.74, 6) is 0. The molecule has 2 unspecified atom stereocenters. The van der Waals surface area contributed by atoms with Crippen LogP contribution in [0, 0.1) is 0 Å². The molecule has 0 bridgehead atoms. The Bertz CT molecular complexity index is 488. The molecule has 1 aliphatic rings. The second kappa shape index (κ2) is 4.37. The molecule has 1 aliphatic heterocycles. The Balaban J connectivity index is 2.25. The number of imidazole rings is 1. The Hall–Kier alpha value is -0.960. The van der Waals surface area contributed by atoms with Crippen LogP contribution in [-0.4, -0.2) is 57.8 Å². The SMILES string of the molecule is CCn1cnc(S(=O)(=O)N2CC(O)C(O)C2)c1. The highest BCUT2D eigenvalue weighted by Crippen LogP contribution is 2.19. The number of aromatic nitrogens is 2. The summed E-state index contributed by atoms with van der Waals surface area (Å²) in [4.78, 5) is 3.82. The molecule has 96 valence electrons. The summed E-state index contributed by atoms with van der Waals surface area (Å²) >= 11 is 0. The molecule has 0 aliphatic carbocycles. The molecule has 7 nitrogen and oxygen atoms in total. The topological polar surface area (TPSA) is 95.7 Å². The minimum absolute atomic E-state index is 0.0550. The molecule has 2 N–H and O–H groups in total. The zero-order valence-corrected chi connectivity index (χ0v) is 10.2. The van der Waals surface area contributed by atoms with Crippen molar-refractivity contribution in [2.75, 3.05) is 13.1 Å². The maximum atomic E-state index is 12.1. The third-order valence-corrected chi connectivity index (χ3v) is 4.52. The van der Waals surface area contributed by atoms with Crippen LogP contribution in [-0.2, 0) is 16.6 Å². The summed E-state index contributed by atoms with van der Waals surface area (Å²) in [6.45, 7) is 2.32. The van der Waals surface area contributed by atoms with E-state index in [0.29, 0.717) is 6.54 Å². The monoisotopic (exact) mass is 261 g/mol.